The van der Waals surface area contributed by atoms with E-state index in [0.29, 0.717) is 0 Å². The average molecular weight is 392 g/mol. The number of hydrogen-bond acceptors (Lipinski definition) is 3. The van der Waals surface area contributed by atoms with Gasteiger partial charge in [-0.1, -0.05) is 11.6 Å². The third-order valence-corrected chi connectivity index (χ3v) is 3.30. The van der Waals surface area contributed by atoms with Gasteiger partial charge in [-0.3, -0.25) is 4.79 Å². The number of carbonyl (C=O) groups is 3. The number of benzene rings is 1. The number of carboxylic acid groups (broad SMARTS) is 1. The lowest BCUT2D eigenvalue weighted by atomic mass is 10.1. The lowest BCUT2D eigenvalue weighted by Gasteiger charge is -2.21. The van der Waals surface area contributed by atoms with Crippen molar-refractivity contribution >= 4 is 35.2 Å². The summed E-state index contributed by atoms with van der Waals surface area (Å²) in [6.45, 7) is 5.34. The van der Waals surface area contributed by atoms with Crippen molar-refractivity contribution in [3.8, 4) is 0 Å². The van der Waals surface area contributed by atoms with Crippen molar-refractivity contribution in [1.82, 2.24) is 10.6 Å². The van der Waals surface area contributed by atoms with Crippen LogP contribution in [0.1, 0.15) is 37.6 Å². The van der Waals surface area contributed by atoms with E-state index in [1.807, 2.05) is 5.32 Å². The summed E-state index contributed by atoms with van der Waals surface area (Å²) in [5.74, 6) is -2.53. The highest BCUT2D eigenvalue weighted by molar-refractivity contribution is 6.34. The van der Waals surface area contributed by atoms with Crippen molar-refractivity contribution in [3.63, 3.8) is 0 Å². The predicted octanol–water partition coefficient (Wildman–Crippen LogP) is 3.10. The molecule has 4 N–H and O–H groups in total. The molecule has 1 rings (SSSR count). The van der Waals surface area contributed by atoms with E-state index >= 15 is 0 Å². The van der Waals surface area contributed by atoms with Crippen LogP contribution in [0.2, 0.25) is 5.02 Å². The molecule has 0 heterocycles. The Bertz CT molecular complexity index is 693. The minimum Gasteiger partial charge on any atom is -0.480 e. The maximum atomic E-state index is 12.4. The summed E-state index contributed by atoms with van der Waals surface area (Å²) >= 11 is 5.92. The van der Waals surface area contributed by atoms with E-state index in [9.17, 15) is 23.2 Å². The Morgan fingerprint density at radius 2 is 1.85 bits per heavy atom. The number of rotatable bonds is 6. The Hall–Kier alpha value is -2.42. The molecule has 1 aromatic rings. The number of alkyl halides is 2. The van der Waals surface area contributed by atoms with E-state index in [1.54, 1.807) is 20.8 Å². The van der Waals surface area contributed by atoms with E-state index in [0.717, 1.165) is 0 Å². The molecule has 1 unspecified atom stereocenters. The number of carbonyl (C=O) groups excluding carboxylic acids is 2. The van der Waals surface area contributed by atoms with Crippen molar-refractivity contribution in [2.75, 3.05) is 5.32 Å². The first-order valence-electron chi connectivity index (χ1n) is 7.59. The van der Waals surface area contributed by atoms with Crippen LogP contribution in [0.4, 0.5) is 19.3 Å². The highest BCUT2D eigenvalue weighted by Crippen LogP contribution is 2.21. The average Bonchev–Trinajstić information content (AvgIpc) is 2.45. The molecule has 1 atom stereocenters. The van der Waals surface area contributed by atoms with E-state index in [1.165, 1.54) is 18.2 Å². The number of halogens is 3. The van der Waals surface area contributed by atoms with Crippen molar-refractivity contribution in [1.29, 1.82) is 0 Å². The number of aliphatic carboxylic acids is 1. The summed E-state index contributed by atoms with van der Waals surface area (Å²) in [6, 6.07) is 1.70. The monoisotopic (exact) mass is 391 g/mol. The molecule has 0 saturated carbocycles. The summed E-state index contributed by atoms with van der Waals surface area (Å²) in [6.07, 6.45) is -3.94. The Morgan fingerprint density at radius 1 is 1.23 bits per heavy atom. The molecule has 0 fully saturated rings. The molecule has 0 aromatic heterocycles. The van der Waals surface area contributed by atoms with Gasteiger partial charge in [0, 0.05) is 17.6 Å². The number of amides is 3. The molecular weight excluding hydrogens is 372 g/mol. The summed E-state index contributed by atoms with van der Waals surface area (Å²) in [5, 5.41) is 16.1. The number of hydrogen-bond donors (Lipinski definition) is 4. The van der Waals surface area contributed by atoms with Gasteiger partial charge in [-0.25, -0.2) is 18.4 Å². The fourth-order valence-electron chi connectivity index (χ4n) is 1.92. The smallest absolute Gasteiger partial charge is 0.326 e. The largest absolute Gasteiger partial charge is 0.480 e. The second-order valence-electron chi connectivity index (χ2n) is 6.51. The molecule has 1 aromatic carbocycles. The van der Waals surface area contributed by atoms with E-state index < -0.39 is 42.3 Å². The topological polar surface area (TPSA) is 108 Å². The highest BCUT2D eigenvalue weighted by Gasteiger charge is 2.25. The van der Waals surface area contributed by atoms with Crippen LogP contribution < -0.4 is 16.0 Å². The van der Waals surface area contributed by atoms with Crippen LogP contribution in [0.15, 0.2) is 18.2 Å². The van der Waals surface area contributed by atoms with Crippen molar-refractivity contribution in [2.24, 2.45) is 0 Å². The van der Waals surface area contributed by atoms with Crippen molar-refractivity contribution < 1.29 is 28.3 Å². The van der Waals surface area contributed by atoms with Crippen LogP contribution in [0.25, 0.3) is 0 Å². The van der Waals surface area contributed by atoms with E-state index in [2.05, 4.69) is 10.6 Å². The third kappa shape index (κ3) is 7.22. The van der Waals surface area contributed by atoms with Gasteiger partial charge in [0.15, 0.2) is 0 Å². The third-order valence-electron chi connectivity index (χ3n) is 2.97. The Labute approximate surface area is 154 Å². The van der Waals surface area contributed by atoms with Crippen LogP contribution in [-0.4, -0.2) is 41.0 Å². The molecule has 0 spiro atoms. The predicted molar refractivity (Wildman–Crippen MR) is 92.9 cm³/mol. The van der Waals surface area contributed by atoms with Gasteiger partial charge < -0.3 is 21.1 Å². The quantitative estimate of drug-likeness (QED) is 0.597. The molecule has 10 heteroatoms. The van der Waals surface area contributed by atoms with Crippen LogP contribution in [-0.2, 0) is 4.79 Å². The van der Waals surface area contributed by atoms with Gasteiger partial charge in [-0.05, 0) is 39.0 Å². The number of urea groups is 1. The second kappa shape index (κ2) is 8.79. The summed E-state index contributed by atoms with van der Waals surface area (Å²) in [7, 11) is 0. The molecule has 7 nitrogen and oxygen atoms in total. The standard InChI is InChI=1S/C16H20ClF2N3O4/c1-16(2,3)22-15(26)20-8-4-5-10(17)9(6-8)13(23)21-11(14(24)25)7-12(18)19/h4-6,11-12H,7H2,1-3H3,(H,21,23)(H,24,25)(H2,20,22,26). The van der Waals surface area contributed by atoms with Gasteiger partial charge in [-0.15, -0.1) is 0 Å². The molecule has 0 aliphatic heterocycles. The highest BCUT2D eigenvalue weighted by atomic mass is 35.5. The van der Waals surface area contributed by atoms with Gasteiger partial charge in [-0.2, -0.15) is 0 Å². The van der Waals surface area contributed by atoms with Gasteiger partial charge in [0.25, 0.3) is 5.91 Å². The minimum atomic E-state index is -2.90. The maximum Gasteiger partial charge on any atom is 0.326 e. The van der Waals surface area contributed by atoms with Gasteiger partial charge in [0.05, 0.1) is 10.6 Å². The van der Waals surface area contributed by atoms with Crippen LogP contribution in [0.3, 0.4) is 0 Å². The van der Waals surface area contributed by atoms with Gasteiger partial charge in [0.1, 0.15) is 6.04 Å². The zero-order valence-electron chi connectivity index (χ0n) is 14.4. The summed E-state index contributed by atoms with van der Waals surface area (Å²) < 4.78 is 24.9. The van der Waals surface area contributed by atoms with E-state index in [4.69, 9.17) is 16.7 Å². The molecule has 3 amide bonds. The lowest BCUT2D eigenvalue weighted by molar-refractivity contribution is -0.140. The Kier molecular flexibility index (Phi) is 7.31. The lowest BCUT2D eigenvalue weighted by Crippen LogP contribution is -2.43. The normalized spacial score (nSPS) is 12.4. The number of anilines is 1. The fourth-order valence-corrected chi connectivity index (χ4v) is 2.12. The zero-order valence-corrected chi connectivity index (χ0v) is 15.2. The first kappa shape index (κ1) is 21.6. The van der Waals surface area contributed by atoms with Crippen LogP contribution >= 0.6 is 11.6 Å². The first-order chi connectivity index (χ1) is 11.9. The SMILES string of the molecule is CC(C)(C)NC(=O)Nc1ccc(Cl)c(C(=O)NC(CC(F)F)C(=O)O)c1. The number of nitrogens with one attached hydrogen (secondary N) is 3. The molecule has 0 radical (unpaired) electrons. The van der Waals surface area contributed by atoms with Crippen molar-refractivity contribution in [2.45, 2.75) is 45.2 Å². The molecule has 144 valence electrons. The maximum absolute atomic E-state index is 12.4. The summed E-state index contributed by atoms with van der Waals surface area (Å²) in [5.41, 5.74) is -0.413. The molecule has 0 saturated heterocycles. The first-order valence-corrected chi connectivity index (χ1v) is 7.97. The van der Waals surface area contributed by atoms with Gasteiger partial charge >= 0.3 is 12.0 Å². The Balaban J connectivity index is 2.93. The zero-order chi connectivity index (χ0) is 20.1. The van der Waals surface area contributed by atoms with Crippen LogP contribution in [0.5, 0.6) is 0 Å². The molecule has 0 bridgehead atoms. The van der Waals surface area contributed by atoms with Crippen molar-refractivity contribution in [3.05, 3.63) is 28.8 Å². The number of carboxylic acids is 1. The second-order valence-corrected chi connectivity index (χ2v) is 6.92. The summed E-state index contributed by atoms with van der Waals surface area (Å²) in [4.78, 5) is 35.0. The van der Waals surface area contributed by atoms with E-state index in [-0.39, 0.29) is 16.3 Å². The molecule has 0 aliphatic carbocycles. The van der Waals surface area contributed by atoms with Crippen LogP contribution in [0, 0.1) is 0 Å². The molecule has 0 aliphatic rings. The molecular formula is C16H20ClF2N3O4. The molecule has 26 heavy (non-hydrogen) atoms. The minimum absolute atomic E-state index is 0.0227. The van der Waals surface area contributed by atoms with Gasteiger partial charge in [0.2, 0.25) is 6.43 Å². The Morgan fingerprint density at radius 3 is 2.35 bits per heavy atom. The fraction of sp³-hybridized carbons (Fsp3) is 0.438.